The van der Waals surface area contributed by atoms with E-state index in [0.29, 0.717) is 43.5 Å². The number of hydrogen-bond acceptors (Lipinski definition) is 5. The van der Waals surface area contributed by atoms with Gasteiger partial charge in [-0.15, -0.1) is 0 Å². The van der Waals surface area contributed by atoms with Crippen LogP contribution in [0.5, 0.6) is 5.75 Å². The Bertz CT molecular complexity index is 957. The molecule has 2 saturated heterocycles. The summed E-state index contributed by atoms with van der Waals surface area (Å²) in [5, 5.41) is 2.97. The first-order valence-electron chi connectivity index (χ1n) is 11.8. The summed E-state index contributed by atoms with van der Waals surface area (Å²) in [4.78, 5) is 27.2. The number of ether oxygens (including phenoxy) is 3. The Morgan fingerprint density at radius 1 is 1.18 bits per heavy atom. The SMILES string of the molecule is CCOc1ccccc1N1CC(C(=O)Nc2cccc(COCC3CCCCO3)c2)CC1=O. The molecule has 2 aliphatic heterocycles. The average Bonchev–Trinajstić information content (AvgIpc) is 3.22. The summed E-state index contributed by atoms with van der Waals surface area (Å²) in [6.07, 6.45) is 3.71. The molecule has 7 nitrogen and oxygen atoms in total. The van der Waals surface area contributed by atoms with Gasteiger partial charge in [0.2, 0.25) is 11.8 Å². The highest BCUT2D eigenvalue weighted by Gasteiger charge is 2.36. The zero-order chi connectivity index (χ0) is 23.0. The lowest BCUT2D eigenvalue weighted by Crippen LogP contribution is -2.28. The van der Waals surface area contributed by atoms with Gasteiger partial charge in [-0.1, -0.05) is 24.3 Å². The van der Waals surface area contributed by atoms with Crippen molar-refractivity contribution in [3.63, 3.8) is 0 Å². The highest BCUT2D eigenvalue weighted by atomic mass is 16.5. The Morgan fingerprint density at radius 3 is 2.88 bits per heavy atom. The number of para-hydroxylation sites is 2. The summed E-state index contributed by atoms with van der Waals surface area (Å²) >= 11 is 0. The van der Waals surface area contributed by atoms with E-state index in [1.54, 1.807) is 4.90 Å². The van der Waals surface area contributed by atoms with Crippen LogP contribution in [0.2, 0.25) is 0 Å². The first-order valence-corrected chi connectivity index (χ1v) is 11.8. The summed E-state index contributed by atoms with van der Waals surface area (Å²) in [7, 11) is 0. The summed E-state index contributed by atoms with van der Waals surface area (Å²) < 4.78 is 17.2. The second kappa shape index (κ2) is 11.3. The molecule has 2 heterocycles. The van der Waals surface area contributed by atoms with Crippen molar-refractivity contribution < 1.29 is 23.8 Å². The van der Waals surface area contributed by atoms with E-state index in [4.69, 9.17) is 14.2 Å². The van der Waals surface area contributed by atoms with Gasteiger partial charge in [0.1, 0.15) is 5.75 Å². The number of anilines is 2. The maximum atomic E-state index is 12.9. The Balaban J connectivity index is 1.32. The highest BCUT2D eigenvalue weighted by molar-refractivity contribution is 6.04. The van der Waals surface area contributed by atoms with Crippen molar-refractivity contribution in [1.82, 2.24) is 0 Å². The molecule has 2 aromatic carbocycles. The molecule has 0 aromatic heterocycles. The van der Waals surface area contributed by atoms with Crippen LogP contribution in [-0.4, -0.2) is 44.3 Å². The maximum Gasteiger partial charge on any atom is 0.229 e. The summed E-state index contributed by atoms with van der Waals surface area (Å²) in [6.45, 7) is 4.61. The lowest BCUT2D eigenvalue weighted by atomic mass is 10.1. The van der Waals surface area contributed by atoms with E-state index in [0.717, 1.165) is 25.0 Å². The number of nitrogens with one attached hydrogen (secondary N) is 1. The first kappa shape index (κ1) is 23.3. The van der Waals surface area contributed by atoms with Crippen LogP contribution in [0.3, 0.4) is 0 Å². The maximum absolute atomic E-state index is 12.9. The molecule has 0 bridgehead atoms. The molecular formula is C26H32N2O5. The second-order valence-electron chi connectivity index (χ2n) is 8.50. The predicted molar refractivity (Wildman–Crippen MR) is 126 cm³/mol. The third kappa shape index (κ3) is 6.12. The molecule has 2 atom stereocenters. The van der Waals surface area contributed by atoms with Crippen LogP contribution >= 0.6 is 0 Å². The van der Waals surface area contributed by atoms with E-state index in [1.807, 2.05) is 55.5 Å². The van der Waals surface area contributed by atoms with E-state index in [-0.39, 0.29) is 24.3 Å². The lowest BCUT2D eigenvalue weighted by molar-refractivity contribution is -0.122. The Morgan fingerprint density at radius 2 is 2.06 bits per heavy atom. The van der Waals surface area contributed by atoms with E-state index in [9.17, 15) is 9.59 Å². The number of carbonyl (C=O) groups excluding carboxylic acids is 2. The summed E-state index contributed by atoms with van der Waals surface area (Å²) in [5.74, 6) is -0.000856. The van der Waals surface area contributed by atoms with Gasteiger partial charge in [-0.25, -0.2) is 0 Å². The molecule has 0 radical (unpaired) electrons. The van der Waals surface area contributed by atoms with E-state index in [2.05, 4.69) is 5.32 Å². The molecule has 2 aromatic rings. The molecule has 33 heavy (non-hydrogen) atoms. The first-order chi connectivity index (χ1) is 16.1. The summed E-state index contributed by atoms with van der Waals surface area (Å²) in [5.41, 5.74) is 2.40. The van der Waals surface area contributed by atoms with Crippen LogP contribution in [0.15, 0.2) is 48.5 Å². The van der Waals surface area contributed by atoms with Gasteiger partial charge in [-0.3, -0.25) is 9.59 Å². The molecule has 4 rings (SSSR count). The Labute approximate surface area is 195 Å². The topological polar surface area (TPSA) is 77.1 Å². The monoisotopic (exact) mass is 452 g/mol. The minimum absolute atomic E-state index is 0.0746. The number of benzene rings is 2. The lowest BCUT2D eigenvalue weighted by Gasteiger charge is -2.22. The van der Waals surface area contributed by atoms with E-state index >= 15 is 0 Å². The van der Waals surface area contributed by atoms with Gasteiger partial charge in [0.05, 0.1) is 37.5 Å². The van der Waals surface area contributed by atoms with Crippen molar-refractivity contribution in [2.75, 3.05) is 36.6 Å². The van der Waals surface area contributed by atoms with Gasteiger partial charge in [-0.05, 0) is 56.0 Å². The molecule has 0 spiro atoms. The van der Waals surface area contributed by atoms with Gasteiger partial charge in [0.25, 0.3) is 0 Å². The third-order valence-electron chi connectivity index (χ3n) is 5.99. The van der Waals surface area contributed by atoms with Crippen molar-refractivity contribution in [2.24, 2.45) is 5.92 Å². The number of amides is 2. The molecular weight excluding hydrogens is 420 g/mol. The average molecular weight is 453 g/mol. The van der Waals surface area contributed by atoms with Crippen LogP contribution in [0.4, 0.5) is 11.4 Å². The fourth-order valence-electron chi connectivity index (χ4n) is 4.30. The number of nitrogens with zero attached hydrogens (tertiary/aromatic N) is 1. The van der Waals surface area contributed by atoms with Gasteiger partial charge in [0.15, 0.2) is 0 Å². The van der Waals surface area contributed by atoms with Crippen LogP contribution in [0.25, 0.3) is 0 Å². The molecule has 2 amide bonds. The van der Waals surface area contributed by atoms with Gasteiger partial charge >= 0.3 is 0 Å². The zero-order valence-corrected chi connectivity index (χ0v) is 19.1. The predicted octanol–water partition coefficient (Wildman–Crippen LogP) is 4.16. The standard InChI is InChI=1S/C26H32N2O5/c1-2-32-24-12-4-3-11-23(24)28-16-20(15-25(28)29)26(30)27-21-9-7-8-19(14-21)17-31-18-22-10-5-6-13-33-22/h3-4,7-9,11-12,14,20,22H,2,5-6,10,13,15-18H2,1H3,(H,27,30). The molecule has 7 heteroatoms. The molecule has 1 N–H and O–H groups in total. The quantitative estimate of drug-likeness (QED) is 0.618. The van der Waals surface area contributed by atoms with Crippen LogP contribution in [0.1, 0.15) is 38.2 Å². The third-order valence-corrected chi connectivity index (χ3v) is 5.99. The van der Waals surface area contributed by atoms with Gasteiger partial charge < -0.3 is 24.4 Å². The molecule has 0 saturated carbocycles. The van der Waals surface area contributed by atoms with Gasteiger partial charge in [-0.2, -0.15) is 0 Å². The van der Waals surface area contributed by atoms with E-state index in [1.165, 1.54) is 6.42 Å². The molecule has 2 unspecified atom stereocenters. The van der Waals surface area contributed by atoms with Crippen molar-refractivity contribution in [3.05, 3.63) is 54.1 Å². The normalized spacial score (nSPS) is 20.6. The Kier molecular flexibility index (Phi) is 7.96. The fourth-order valence-corrected chi connectivity index (χ4v) is 4.30. The zero-order valence-electron chi connectivity index (χ0n) is 19.1. The Hall–Kier alpha value is -2.90. The smallest absolute Gasteiger partial charge is 0.229 e. The van der Waals surface area contributed by atoms with E-state index < -0.39 is 5.92 Å². The van der Waals surface area contributed by atoms with Crippen molar-refractivity contribution in [2.45, 2.75) is 45.3 Å². The largest absolute Gasteiger partial charge is 0.492 e. The van der Waals surface area contributed by atoms with Crippen LogP contribution in [-0.2, 0) is 25.7 Å². The van der Waals surface area contributed by atoms with Gasteiger partial charge in [0, 0.05) is 25.3 Å². The van der Waals surface area contributed by atoms with Crippen LogP contribution < -0.4 is 15.0 Å². The minimum atomic E-state index is -0.421. The number of rotatable bonds is 9. The molecule has 2 fully saturated rings. The number of carbonyl (C=O) groups is 2. The molecule has 176 valence electrons. The number of hydrogen-bond donors (Lipinski definition) is 1. The molecule has 2 aliphatic rings. The molecule has 0 aliphatic carbocycles. The highest BCUT2D eigenvalue weighted by Crippen LogP contribution is 2.33. The van der Waals surface area contributed by atoms with Crippen molar-refractivity contribution >= 4 is 23.2 Å². The minimum Gasteiger partial charge on any atom is -0.492 e. The fraction of sp³-hybridized carbons (Fsp3) is 0.462. The van der Waals surface area contributed by atoms with Crippen LogP contribution in [0, 0.1) is 5.92 Å². The van der Waals surface area contributed by atoms with Crippen molar-refractivity contribution in [3.8, 4) is 5.75 Å². The van der Waals surface area contributed by atoms with Crippen molar-refractivity contribution in [1.29, 1.82) is 0 Å². The summed E-state index contributed by atoms with van der Waals surface area (Å²) in [6, 6.07) is 15.1. The second-order valence-corrected chi connectivity index (χ2v) is 8.50.